The molecule has 2 aliphatic heterocycles. The summed E-state index contributed by atoms with van der Waals surface area (Å²) in [6, 6.07) is 16.4. The molecule has 2 heterocycles. The van der Waals surface area contributed by atoms with Gasteiger partial charge in [-0.1, -0.05) is 35.9 Å². The van der Waals surface area contributed by atoms with Gasteiger partial charge in [0.1, 0.15) is 5.75 Å². The number of halogens is 2. The van der Waals surface area contributed by atoms with Gasteiger partial charge in [0.15, 0.2) is 0 Å². The lowest BCUT2D eigenvalue weighted by atomic mass is 9.76. The molecule has 4 rings (SSSR count). The van der Waals surface area contributed by atoms with Crippen molar-refractivity contribution in [3.63, 3.8) is 0 Å². The van der Waals surface area contributed by atoms with Crippen LogP contribution in [0.4, 0.5) is 0 Å². The summed E-state index contributed by atoms with van der Waals surface area (Å²) >= 11 is 6.06. The molecule has 0 N–H and O–H groups in total. The molecule has 0 saturated carbocycles. The molecule has 4 atom stereocenters. The second-order valence-corrected chi connectivity index (χ2v) is 8.06. The minimum absolute atomic E-state index is 0. The van der Waals surface area contributed by atoms with Crippen molar-refractivity contribution in [2.45, 2.75) is 44.2 Å². The summed E-state index contributed by atoms with van der Waals surface area (Å²) in [5, 5.41) is 0.725. The predicted molar refractivity (Wildman–Crippen MR) is 111 cm³/mol. The Kier molecular flexibility index (Phi) is 6.15. The highest BCUT2D eigenvalue weighted by molar-refractivity contribution is 6.30. The average molecular weight is 406 g/mol. The van der Waals surface area contributed by atoms with Gasteiger partial charge < -0.3 is 4.74 Å². The maximum absolute atomic E-state index is 13.2. The number of aryl methyl sites for hydroxylation is 1. The number of ether oxygens (including phenoxy) is 1. The molecule has 2 unspecified atom stereocenters. The quantitative estimate of drug-likeness (QED) is 0.516. The van der Waals surface area contributed by atoms with Crippen molar-refractivity contribution in [2.24, 2.45) is 5.92 Å². The lowest BCUT2D eigenvalue weighted by Crippen LogP contribution is -2.49. The van der Waals surface area contributed by atoms with Gasteiger partial charge in [-0.05, 0) is 68.6 Å². The number of esters is 1. The summed E-state index contributed by atoms with van der Waals surface area (Å²) in [5.41, 5.74) is 2.27. The molecule has 0 radical (unpaired) electrons. The molecule has 2 aromatic rings. The smallest absolute Gasteiger partial charge is 0.316 e. The third-order valence-electron chi connectivity index (χ3n) is 6.05. The fourth-order valence-electron chi connectivity index (χ4n) is 4.70. The molecule has 27 heavy (non-hydrogen) atoms. The molecular formula is C22H25Cl2NO2. The van der Waals surface area contributed by atoms with Crippen molar-refractivity contribution in [1.29, 1.82) is 0 Å². The Hall–Kier alpha value is -1.55. The molecule has 144 valence electrons. The van der Waals surface area contributed by atoms with Crippen molar-refractivity contribution >= 4 is 30.0 Å². The summed E-state index contributed by atoms with van der Waals surface area (Å²) in [7, 11) is 2.15. The van der Waals surface area contributed by atoms with Crippen LogP contribution in [0.25, 0.3) is 0 Å². The molecule has 0 amide bonds. The van der Waals surface area contributed by atoms with E-state index >= 15 is 0 Å². The molecule has 2 aromatic carbocycles. The number of fused-ring (bicyclic) bond motifs is 2. The SMILES string of the molecule is Cc1cccc(OC(=O)C2C3CC[C@H](C[C@@H]2c2ccc(Cl)cc2)N3C)c1.Cl. The monoisotopic (exact) mass is 405 g/mol. The number of benzene rings is 2. The Bertz CT molecular complexity index is 808. The molecule has 2 saturated heterocycles. The molecule has 2 aliphatic rings. The van der Waals surface area contributed by atoms with Crippen molar-refractivity contribution in [1.82, 2.24) is 4.90 Å². The maximum atomic E-state index is 13.2. The average Bonchev–Trinajstić information content (AvgIpc) is 2.85. The van der Waals surface area contributed by atoms with Crippen LogP contribution in [0.3, 0.4) is 0 Å². The number of piperidine rings is 1. The van der Waals surface area contributed by atoms with Crippen LogP contribution in [0.15, 0.2) is 48.5 Å². The minimum Gasteiger partial charge on any atom is -0.426 e. The second-order valence-electron chi connectivity index (χ2n) is 7.62. The normalized spacial score (nSPS) is 27.1. The Morgan fingerprint density at radius 1 is 1.15 bits per heavy atom. The van der Waals surface area contributed by atoms with E-state index in [1.54, 1.807) is 0 Å². The highest BCUT2D eigenvalue weighted by Crippen LogP contribution is 2.46. The Morgan fingerprint density at radius 3 is 2.59 bits per heavy atom. The van der Waals surface area contributed by atoms with Crippen LogP contribution in [-0.2, 0) is 4.79 Å². The molecule has 3 nitrogen and oxygen atoms in total. The molecule has 2 bridgehead atoms. The van der Waals surface area contributed by atoms with Crippen LogP contribution in [-0.4, -0.2) is 30.0 Å². The van der Waals surface area contributed by atoms with Gasteiger partial charge in [0.05, 0.1) is 5.92 Å². The standard InChI is InChI=1S/C22H24ClNO2.ClH/c1-14-4-3-5-18(12-14)26-22(25)21-19(15-6-8-16(23)9-7-15)13-17-10-11-20(21)24(17)2;/h3-9,12,17,19-21H,10-11,13H2,1-2H3;1H/t17-,19-,20?,21?;/m1./s1. The summed E-state index contributed by atoms with van der Waals surface area (Å²) in [5.74, 6) is 0.541. The first kappa shape index (κ1) is 20.2. The van der Waals surface area contributed by atoms with E-state index in [0.29, 0.717) is 11.8 Å². The van der Waals surface area contributed by atoms with Crippen LogP contribution in [0, 0.1) is 12.8 Å². The Labute approximate surface area is 172 Å². The van der Waals surface area contributed by atoms with E-state index in [1.807, 2.05) is 43.3 Å². The van der Waals surface area contributed by atoms with Gasteiger partial charge in [0, 0.05) is 23.0 Å². The van der Waals surface area contributed by atoms with E-state index in [0.717, 1.165) is 29.8 Å². The van der Waals surface area contributed by atoms with E-state index in [4.69, 9.17) is 16.3 Å². The lowest BCUT2D eigenvalue weighted by molar-refractivity contribution is -0.143. The molecule has 2 fully saturated rings. The van der Waals surface area contributed by atoms with Crippen LogP contribution < -0.4 is 4.74 Å². The molecular weight excluding hydrogens is 381 g/mol. The van der Waals surface area contributed by atoms with Crippen molar-refractivity contribution in [3.05, 3.63) is 64.7 Å². The van der Waals surface area contributed by atoms with Gasteiger partial charge >= 0.3 is 5.97 Å². The molecule has 0 aromatic heterocycles. The number of rotatable bonds is 3. The first-order valence-corrected chi connectivity index (χ1v) is 9.66. The Balaban J connectivity index is 0.00000210. The van der Waals surface area contributed by atoms with Crippen molar-refractivity contribution in [3.8, 4) is 5.75 Å². The van der Waals surface area contributed by atoms with Gasteiger partial charge in [-0.15, -0.1) is 12.4 Å². The highest BCUT2D eigenvalue weighted by atomic mass is 35.5. The van der Waals surface area contributed by atoms with E-state index in [9.17, 15) is 4.79 Å². The summed E-state index contributed by atoms with van der Waals surface area (Å²) in [6.45, 7) is 2.00. The van der Waals surface area contributed by atoms with Gasteiger partial charge in [0.2, 0.25) is 0 Å². The fraction of sp³-hybridized carbons (Fsp3) is 0.409. The van der Waals surface area contributed by atoms with Crippen LogP contribution in [0.5, 0.6) is 5.75 Å². The van der Waals surface area contributed by atoms with Crippen molar-refractivity contribution < 1.29 is 9.53 Å². The zero-order chi connectivity index (χ0) is 18.3. The fourth-order valence-corrected chi connectivity index (χ4v) is 4.83. The topological polar surface area (TPSA) is 29.5 Å². The van der Waals surface area contributed by atoms with Gasteiger partial charge in [-0.3, -0.25) is 9.69 Å². The minimum atomic E-state index is -0.152. The van der Waals surface area contributed by atoms with Gasteiger partial charge in [-0.2, -0.15) is 0 Å². The largest absolute Gasteiger partial charge is 0.426 e. The third kappa shape index (κ3) is 4.01. The molecule has 5 heteroatoms. The zero-order valence-electron chi connectivity index (χ0n) is 15.6. The summed E-state index contributed by atoms with van der Waals surface area (Å²) in [6.07, 6.45) is 3.19. The second kappa shape index (κ2) is 8.22. The van der Waals surface area contributed by atoms with Crippen LogP contribution >= 0.6 is 24.0 Å². The first-order chi connectivity index (χ1) is 12.5. The lowest BCUT2D eigenvalue weighted by Gasteiger charge is -2.41. The first-order valence-electron chi connectivity index (χ1n) is 9.28. The number of hydrogen-bond acceptors (Lipinski definition) is 3. The molecule has 0 aliphatic carbocycles. The summed E-state index contributed by atoms with van der Waals surface area (Å²) < 4.78 is 5.82. The van der Waals surface area contributed by atoms with E-state index in [1.165, 1.54) is 5.56 Å². The van der Waals surface area contributed by atoms with Crippen LogP contribution in [0.2, 0.25) is 5.02 Å². The highest BCUT2D eigenvalue weighted by Gasteiger charge is 2.49. The number of carbonyl (C=O) groups excluding carboxylic acids is 1. The number of hydrogen-bond donors (Lipinski definition) is 0. The van der Waals surface area contributed by atoms with Crippen molar-refractivity contribution in [2.75, 3.05) is 7.05 Å². The number of nitrogens with zero attached hydrogens (tertiary/aromatic N) is 1. The zero-order valence-corrected chi connectivity index (χ0v) is 17.2. The number of carbonyl (C=O) groups is 1. The van der Waals surface area contributed by atoms with E-state index in [-0.39, 0.29) is 36.3 Å². The van der Waals surface area contributed by atoms with E-state index < -0.39 is 0 Å². The van der Waals surface area contributed by atoms with E-state index in [2.05, 4.69) is 24.1 Å². The summed E-state index contributed by atoms with van der Waals surface area (Å²) in [4.78, 5) is 15.6. The van der Waals surface area contributed by atoms with Crippen LogP contribution in [0.1, 0.15) is 36.3 Å². The Morgan fingerprint density at radius 2 is 1.89 bits per heavy atom. The maximum Gasteiger partial charge on any atom is 0.316 e. The predicted octanol–water partition coefficient (Wildman–Crippen LogP) is 5.24. The third-order valence-corrected chi connectivity index (χ3v) is 6.30. The van der Waals surface area contributed by atoms with Gasteiger partial charge in [0.25, 0.3) is 0 Å². The molecule has 0 spiro atoms. The van der Waals surface area contributed by atoms with Gasteiger partial charge in [-0.25, -0.2) is 0 Å².